The van der Waals surface area contributed by atoms with E-state index in [0.717, 1.165) is 26.1 Å². The molecule has 0 N–H and O–H groups in total. The number of nitrogens with zero attached hydrogens (tertiary/aromatic N) is 1. The van der Waals surface area contributed by atoms with E-state index in [1.165, 1.54) is 15.6 Å². The lowest BCUT2D eigenvalue weighted by Crippen LogP contribution is -2.47. The predicted molar refractivity (Wildman–Crippen MR) is 102 cm³/mol. The molecule has 1 aromatic rings. The number of halogens is 1. The van der Waals surface area contributed by atoms with Gasteiger partial charge in [-0.05, 0) is 48.8 Å². The Morgan fingerprint density at radius 2 is 1.83 bits per heavy atom. The van der Waals surface area contributed by atoms with Gasteiger partial charge in [0.15, 0.2) is 0 Å². The lowest BCUT2D eigenvalue weighted by atomic mass is 9.86. The molecule has 1 fully saturated rings. The van der Waals surface area contributed by atoms with Gasteiger partial charge in [-0.25, -0.2) is 0 Å². The van der Waals surface area contributed by atoms with Gasteiger partial charge in [0.2, 0.25) is 0 Å². The maximum Gasteiger partial charge on any atom is 0.0678 e. The summed E-state index contributed by atoms with van der Waals surface area (Å²) in [6.45, 7) is 16.7. The van der Waals surface area contributed by atoms with Crippen LogP contribution in [0.5, 0.6) is 0 Å². The zero-order chi connectivity index (χ0) is 17.2. The molecule has 1 heterocycles. The minimum Gasteiger partial charge on any atom is -0.373 e. The molecule has 2 rings (SSSR count). The van der Waals surface area contributed by atoms with Crippen LogP contribution in [0.2, 0.25) is 0 Å². The summed E-state index contributed by atoms with van der Waals surface area (Å²) in [5, 5.41) is 0. The van der Waals surface area contributed by atoms with Crippen LogP contribution in [0.15, 0.2) is 22.7 Å². The molecule has 1 aliphatic rings. The van der Waals surface area contributed by atoms with E-state index in [2.05, 4.69) is 80.6 Å². The SMILES string of the molecule is CC(Cc1ccc(C(C)(C)C)cc1Br)CN1C[C@@H](C)O[C@@H](C)C1. The fourth-order valence-corrected chi connectivity index (χ4v) is 4.03. The summed E-state index contributed by atoms with van der Waals surface area (Å²) in [5.41, 5.74) is 3.00. The van der Waals surface area contributed by atoms with Gasteiger partial charge in [-0.3, -0.25) is 4.90 Å². The first kappa shape index (κ1) is 19.0. The lowest BCUT2D eigenvalue weighted by Gasteiger charge is -2.36. The monoisotopic (exact) mass is 381 g/mol. The van der Waals surface area contributed by atoms with Crippen LogP contribution in [0, 0.1) is 5.92 Å². The van der Waals surface area contributed by atoms with Gasteiger partial charge in [-0.2, -0.15) is 0 Å². The van der Waals surface area contributed by atoms with Crippen LogP contribution in [-0.4, -0.2) is 36.7 Å². The molecule has 0 amide bonds. The largest absolute Gasteiger partial charge is 0.373 e. The molecule has 1 aliphatic heterocycles. The number of hydrogen-bond donors (Lipinski definition) is 0. The Bertz CT molecular complexity index is 513. The molecule has 0 bridgehead atoms. The van der Waals surface area contributed by atoms with Gasteiger partial charge in [0.1, 0.15) is 0 Å². The average molecular weight is 382 g/mol. The van der Waals surface area contributed by atoms with Crippen molar-refractivity contribution in [2.24, 2.45) is 5.92 Å². The van der Waals surface area contributed by atoms with Gasteiger partial charge in [0.05, 0.1) is 12.2 Å². The Labute approximate surface area is 150 Å². The summed E-state index contributed by atoms with van der Waals surface area (Å²) < 4.78 is 7.08. The zero-order valence-electron chi connectivity index (χ0n) is 15.5. The van der Waals surface area contributed by atoms with Gasteiger partial charge in [0.25, 0.3) is 0 Å². The van der Waals surface area contributed by atoms with E-state index >= 15 is 0 Å². The van der Waals surface area contributed by atoms with Crippen molar-refractivity contribution in [2.45, 2.75) is 65.6 Å². The van der Waals surface area contributed by atoms with E-state index < -0.39 is 0 Å². The summed E-state index contributed by atoms with van der Waals surface area (Å²) in [7, 11) is 0. The maximum absolute atomic E-state index is 5.83. The molecule has 3 heteroatoms. The minimum atomic E-state index is 0.201. The molecule has 1 unspecified atom stereocenters. The quantitative estimate of drug-likeness (QED) is 0.724. The van der Waals surface area contributed by atoms with Crippen LogP contribution >= 0.6 is 15.9 Å². The van der Waals surface area contributed by atoms with Crippen molar-refractivity contribution in [1.82, 2.24) is 4.90 Å². The van der Waals surface area contributed by atoms with Crippen molar-refractivity contribution >= 4 is 15.9 Å². The van der Waals surface area contributed by atoms with Crippen LogP contribution in [0.4, 0.5) is 0 Å². The second-order valence-electron chi connectivity index (χ2n) is 8.34. The van der Waals surface area contributed by atoms with Gasteiger partial charge in [-0.15, -0.1) is 0 Å². The molecular formula is C20H32BrNO. The Balaban J connectivity index is 1.96. The summed E-state index contributed by atoms with van der Waals surface area (Å²) in [4.78, 5) is 2.56. The number of ether oxygens (including phenoxy) is 1. The fourth-order valence-electron chi connectivity index (χ4n) is 3.49. The van der Waals surface area contributed by atoms with Crippen LogP contribution < -0.4 is 0 Å². The fraction of sp³-hybridized carbons (Fsp3) is 0.700. The summed E-state index contributed by atoms with van der Waals surface area (Å²) >= 11 is 3.78. The minimum absolute atomic E-state index is 0.201. The molecule has 0 aliphatic carbocycles. The normalized spacial score (nSPS) is 24.7. The smallest absolute Gasteiger partial charge is 0.0678 e. The molecular weight excluding hydrogens is 350 g/mol. The molecule has 0 aromatic heterocycles. The van der Waals surface area contributed by atoms with Gasteiger partial charge in [0, 0.05) is 24.1 Å². The van der Waals surface area contributed by atoms with Crippen molar-refractivity contribution in [1.29, 1.82) is 0 Å². The molecule has 130 valence electrons. The first-order chi connectivity index (χ1) is 10.6. The van der Waals surface area contributed by atoms with Crippen LogP contribution in [0.3, 0.4) is 0 Å². The second kappa shape index (κ2) is 7.67. The van der Waals surface area contributed by atoms with E-state index in [4.69, 9.17) is 4.74 Å². The van der Waals surface area contributed by atoms with Crippen molar-refractivity contribution in [2.75, 3.05) is 19.6 Å². The first-order valence-corrected chi connectivity index (χ1v) is 9.61. The second-order valence-corrected chi connectivity index (χ2v) is 9.20. The number of morpholine rings is 1. The standard InChI is InChI=1S/C20H32BrNO/c1-14(11-22-12-15(2)23-16(3)13-22)9-17-7-8-18(10-19(17)21)20(4,5)6/h7-8,10,14-16H,9,11-13H2,1-6H3/t14?,15-,16+. The molecule has 0 radical (unpaired) electrons. The van der Waals surface area contributed by atoms with Crippen LogP contribution in [-0.2, 0) is 16.6 Å². The summed E-state index contributed by atoms with van der Waals surface area (Å²) in [6.07, 6.45) is 1.82. The van der Waals surface area contributed by atoms with Crippen molar-refractivity contribution in [3.8, 4) is 0 Å². The van der Waals surface area contributed by atoms with Crippen LogP contribution in [0.25, 0.3) is 0 Å². The highest BCUT2D eigenvalue weighted by molar-refractivity contribution is 9.10. The third-order valence-electron chi connectivity index (χ3n) is 4.55. The predicted octanol–water partition coefficient (Wildman–Crippen LogP) is 5.03. The Morgan fingerprint density at radius 3 is 2.35 bits per heavy atom. The molecule has 23 heavy (non-hydrogen) atoms. The van der Waals surface area contributed by atoms with E-state index in [1.54, 1.807) is 0 Å². The Kier molecular flexibility index (Phi) is 6.32. The van der Waals surface area contributed by atoms with Crippen molar-refractivity contribution < 1.29 is 4.74 Å². The highest BCUT2D eigenvalue weighted by Crippen LogP contribution is 2.28. The molecule has 3 atom stereocenters. The summed E-state index contributed by atoms with van der Waals surface area (Å²) in [5.74, 6) is 0.643. The van der Waals surface area contributed by atoms with Gasteiger partial charge in [-0.1, -0.05) is 55.8 Å². The van der Waals surface area contributed by atoms with Crippen molar-refractivity contribution in [3.05, 3.63) is 33.8 Å². The topological polar surface area (TPSA) is 12.5 Å². The third-order valence-corrected chi connectivity index (χ3v) is 5.29. The number of hydrogen-bond acceptors (Lipinski definition) is 2. The van der Waals surface area contributed by atoms with Crippen LogP contribution in [0.1, 0.15) is 52.7 Å². The van der Waals surface area contributed by atoms with Gasteiger partial charge >= 0.3 is 0 Å². The Hall–Kier alpha value is -0.380. The summed E-state index contributed by atoms with van der Waals surface area (Å²) in [6, 6.07) is 6.87. The third kappa shape index (κ3) is 5.58. The number of rotatable bonds is 4. The number of benzene rings is 1. The first-order valence-electron chi connectivity index (χ1n) is 8.82. The zero-order valence-corrected chi connectivity index (χ0v) is 17.1. The van der Waals surface area contributed by atoms with Crippen molar-refractivity contribution in [3.63, 3.8) is 0 Å². The molecule has 1 saturated heterocycles. The molecule has 0 saturated carbocycles. The van der Waals surface area contributed by atoms with E-state index in [9.17, 15) is 0 Å². The van der Waals surface area contributed by atoms with E-state index in [0.29, 0.717) is 18.1 Å². The van der Waals surface area contributed by atoms with E-state index in [1.807, 2.05) is 0 Å². The molecule has 2 nitrogen and oxygen atoms in total. The molecule has 0 spiro atoms. The van der Waals surface area contributed by atoms with Gasteiger partial charge < -0.3 is 4.74 Å². The lowest BCUT2D eigenvalue weighted by molar-refractivity contribution is -0.0709. The highest BCUT2D eigenvalue weighted by Gasteiger charge is 2.23. The van der Waals surface area contributed by atoms with E-state index in [-0.39, 0.29) is 5.41 Å². The average Bonchev–Trinajstić information content (AvgIpc) is 2.38. The Morgan fingerprint density at radius 1 is 1.22 bits per heavy atom. The molecule has 1 aromatic carbocycles. The highest BCUT2D eigenvalue weighted by atomic mass is 79.9. The maximum atomic E-state index is 5.83.